The number of unbranched alkanes of at least 4 members (excludes halogenated alkanes) is 24. The minimum atomic E-state index is -0.584. The van der Waals surface area contributed by atoms with E-state index in [0.717, 1.165) is 38.5 Å². The van der Waals surface area contributed by atoms with Crippen LogP contribution in [0.2, 0.25) is 0 Å². The smallest absolute Gasteiger partial charge is 0.545 e. The van der Waals surface area contributed by atoms with Gasteiger partial charge in [0.2, 0.25) is 0 Å². The first-order valence-corrected chi connectivity index (χ1v) is 22.9. The van der Waals surface area contributed by atoms with Crippen LogP contribution in [0.4, 0.5) is 0 Å². The summed E-state index contributed by atoms with van der Waals surface area (Å²) in [7, 11) is 2.18. The molecule has 0 bridgehead atoms. The van der Waals surface area contributed by atoms with Gasteiger partial charge in [-0.1, -0.05) is 154 Å². The first-order chi connectivity index (χ1) is 27.0. The Labute approximate surface area is 402 Å². The molecule has 7 nitrogen and oxygen atoms in total. The standard InChI is InChI=1S/C39H71O4.C8H17N2.CHO.2U/c1-3-5-7-9-11-13-15-17-19-21-23-25-27-29-31-33-35-42-38(40)37-39(41)43-36-34-32-30-28-26-24-22-20-18-16-14-12-10-8-6-4-2;1-3-4-10-7-5-9(2)6-8-10;1-2;;/h17-20,37H,3-16,21-36H2,1-2H3;1,3-8H2,2H3;1H;;/q3*-1;;+2/b19-17-,20-18-;;;;. The van der Waals surface area contributed by atoms with Crippen LogP contribution in [0, 0.1) is 75.6 Å². The topological polar surface area (TPSA) is 76.2 Å². The average molecular weight is 1250 g/mol. The molecule has 0 aromatic heterocycles. The average Bonchev–Trinajstić information content (AvgIpc) is 3.19. The summed E-state index contributed by atoms with van der Waals surface area (Å²) in [5.41, 5.74) is 0. The summed E-state index contributed by atoms with van der Waals surface area (Å²) in [5.74, 6) is -1.17. The Balaban J connectivity index is -0.000000856. The predicted octanol–water partition coefficient (Wildman–Crippen LogP) is 12.5. The fraction of sp³-hybridized carbons (Fsp3) is 0.812. The van der Waals surface area contributed by atoms with E-state index >= 15 is 0 Å². The van der Waals surface area contributed by atoms with Crippen LogP contribution in [-0.4, -0.2) is 81.5 Å². The molecule has 0 aromatic rings. The fourth-order valence-electron chi connectivity index (χ4n) is 6.52. The summed E-state index contributed by atoms with van der Waals surface area (Å²) in [6, 6.07) is 0. The van der Waals surface area contributed by atoms with Crippen molar-refractivity contribution in [3.8, 4) is 0 Å². The molecule has 1 aliphatic heterocycles. The zero-order chi connectivity index (χ0) is 40.7. The van der Waals surface area contributed by atoms with Gasteiger partial charge in [0.05, 0.1) is 13.2 Å². The molecule has 0 aromatic carbocycles. The minimum Gasteiger partial charge on any atom is -0.545 e. The van der Waals surface area contributed by atoms with Gasteiger partial charge in [-0.25, -0.2) is 0 Å². The summed E-state index contributed by atoms with van der Waals surface area (Å²) in [5, 5.41) is 0. The second-order valence-electron chi connectivity index (χ2n) is 15.4. The zero-order valence-corrected chi connectivity index (χ0v) is 45.9. The van der Waals surface area contributed by atoms with E-state index in [1.807, 2.05) is 0 Å². The van der Waals surface area contributed by atoms with Crippen molar-refractivity contribution in [2.75, 3.05) is 53.0 Å². The number of rotatable bonds is 36. The van der Waals surface area contributed by atoms with Crippen LogP contribution in [0.15, 0.2) is 24.3 Å². The van der Waals surface area contributed by atoms with Crippen molar-refractivity contribution in [2.24, 2.45) is 0 Å². The van der Waals surface area contributed by atoms with Crippen molar-refractivity contribution in [1.29, 1.82) is 0 Å². The number of likely N-dealkylation sites (N-methyl/N-ethyl adjacent to an activating group) is 1. The van der Waals surface area contributed by atoms with E-state index in [2.05, 4.69) is 68.7 Å². The molecule has 0 spiro atoms. The first kappa shape index (κ1) is 63.6. The number of esters is 2. The molecule has 0 saturated carbocycles. The molecule has 1 saturated heterocycles. The molecule has 0 atom stereocenters. The third-order valence-electron chi connectivity index (χ3n) is 10.1. The molecule has 9 heteroatoms. The summed E-state index contributed by atoms with van der Waals surface area (Å²) in [4.78, 5) is 36.2. The van der Waals surface area contributed by atoms with Crippen LogP contribution in [0.5, 0.6) is 0 Å². The Hall–Kier alpha value is -0.0161. The number of hydrogen-bond acceptors (Lipinski definition) is 7. The van der Waals surface area contributed by atoms with Crippen LogP contribution in [0.25, 0.3) is 0 Å². The van der Waals surface area contributed by atoms with Crippen LogP contribution in [-0.2, 0) is 23.9 Å². The largest absolute Gasteiger partial charge is 2.00 e. The Bertz CT molecular complexity index is 799. The SMILES string of the molecule is CCCCCCCC/C=C\CCCCCCCCOC(=O)[CH-]C(=O)OCCCCCCCC/C=C\CCCCCCCC.[CH-]=O.[CH2-]CCN1CCN(C)CC1.[U+2].[U]. The van der Waals surface area contributed by atoms with Crippen molar-refractivity contribution in [3.63, 3.8) is 0 Å². The van der Waals surface area contributed by atoms with Gasteiger partial charge in [0.1, 0.15) is 0 Å². The molecule has 1 fully saturated rings. The molecule has 0 aliphatic carbocycles. The van der Waals surface area contributed by atoms with Gasteiger partial charge in [0.25, 0.3) is 0 Å². The third-order valence-corrected chi connectivity index (χ3v) is 10.1. The monoisotopic (exact) mass is 1250 g/mol. The van der Waals surface area contributed by atoms with Crippen molar-refractivity contribution in [3.05, 3.63) is 37.6 Å². The van der Waals surface area contributed by atoms with E-state index in [1.54, 1.807) is 0 Å². The summed E-state index contributed by atoms with van der Waals surface area (Å²) in [6.45, 7) is 18.4. The fourth-order valence-corrected chi connectivity index (χ4v) is 6.52. The van der Waals surface area contributed by atoms with Crippen LogP contribution in [0.1, 0.15) is 200 Å². The van der Waals surface area contributed by atoms with Crippen molar-refractivity contribution >= 4 is 18.7 Å². The van der Waals surface area contributed by atoms with E-state index in [9.17, 15) is 9.59 Å². The molecular formula is C48H89N2O5U2-. The third kappa shape index (κ3) is 54.0. The summed E-state index contributed by atoms with van der Waals surface area (Å²) in [6.07, 6.45) is 46.3. The van der Waals surface area contributed by atoms with E-state index in [-0.39, 0.29) is 62.2 Å². The van der Waals surface area contributed by atoms with Crippen LogP contribution < -0.4 is 0 Å². The van der Waals surface area contributed by atoms with E-state index < -0.39 is 11.9 Å². The summed E-state index contributed by atoms with van der Waals surface area (Å²) >= 11 is 0. The Kier molecular flexibility index (Phi) is 62.5. The second kappa shape index (κ2) is 56.0. The van der Waals surface area contributed by atoms with Crippen molar-refractivity contribution in [2.45, 2.75) is 200 Å². The Morgan fingerprint density at radius 3 is 1.16 bits per heavy atom. The molecule has 1 aliphatic rings. The number of ether oxygens (including phenoxy) is 2. The predicted molar refractivity (Wildman–Crippen MR) is 236 cm³/mol. The number of piperazine rings is 1. The molecule has 0 radical (unpaired) electrons. The van der Waals surface area contributed by atoms with E-state index in [0.29, 0.717) is 13.2 Å². The van der Waals surface area contributed by atoms with Crippen molar-refractivity contribution in [1.82, 2.24) is 9.80 Å². The molecule has 0 unspecified atom stereocenters. The molecule has 57 heavy (non-hydrogen) atoms. The van der Waals surface area contributed by atoms with Gasteiger partial charge in [-0.2, -0.15) is 12.8 Å². The normalized spacial score (nSPS) is 12.8. The molecule has 0 N–H and O–H groups in total. The zero-order valence-electron chi connectivity index (χ0n) is 37.6. The van der Waals surface area contributed by atoms with Gasteiger partial charge in [-0.3, -0.25) is 16.4 Å². The molecule has 330 valence electrons. The number of carbonyl (C=O) groups excluding carboxylic acids is 3. The molecular weight excluding hydrogens is 1160 g/mol. The maximum Gasteiger partial charge on any atom is 2.00 e. The van der Waals surface area contributed by atoms with Gasteiger partial charge >= 0.3 is 31.1 Å². The van der Waals surface area contributed by atoms with Crippen LogP contribution >= 0.6 is 0 Å². The van der Waals surface area contributed by atoms with Gasteiger partial charge in [0, 0.05) is 57.3 Å². The number of hydrogen-bond donors (Lipinski definition) is 0. The van der Waals surface area contributed by atoms with E-state index in [4.69, 9.17) is 14.3 Å². The minimum absolute atomic E-state index is 0. The first-order valence-electron chi connectivity index (χ1n) is 22.9. The Morgan fingerprint density at radius 2 is 0.842 bits per heavy atom. The number of nitrogens with zero attached hydrogens (tertiary/aromatic N) is 2. The van der Waals surface area contributed by atoms with Crippen LogP contribution in [0.3, 0.4) is 0 Å². The van der Waals surface area contributed by atoms with Gasteiger partial charge < -0.3 is 31.0 Å². The van der Waals surface area contributed by atoms with Gasteiger partial charge in [-0.15, -0.1) is 0 Å². The molecule has 0 amide bonds. The maximum absolute atomic E-state index is 11.8. The second-order valence-corrected chi connectivity index (χ2v) is 15.4. The summed E-state index contributed by atoms with van der Waals surface area (Å²) < 4.78 is 10.3. The molecule has 1 heterocycles. The Morgan fingerprint density at radius 1 is 0.544 bits per heavy atom. The number of carbonyl (C=O) groups is 2. The van der Waals surface area contributed by atoms with Crippen molar-refractivity contribution < 1.29 is 86.1 Å². The van der Waals surface area contributed by atoms with Gasteiger partial charge in [0.15, 0.2) is 11.9 Å². The number of allylic oxidation sites excluding steroid dienone is 4. The maximum atomic E-state index is 11.8. The molecule has 1 rings (SSSR count). The quantitative estimate of drug-likeness (QED) is 0.0154. The van der Waals surface area contributed by atoms with Gasteiger partial charge in [-0.05, 0) is 77.8 Å². The van der Waals surface area contributed by atoms with E-state index in [1.165, 1.54) is 187 Å².